The van der Waals surface area contributed by atoms with E-state index < -0.39 is 0 Å². The lowest BCUT2D eigenvalue weighted by Crippen LogP contribution is -2.32. The standard InChI is InChI=1S/C23H22Cl2N2O/c1-16(4-2-5-17-6-3-13-26-15-17)27-23(28)19-9-7-18(8-10-19)20-11-12-21(24)22(25)14-20/h3,6-16H,2,4-5H2,1H3,(H,27,28)/t16-/m1/s1. The Hall–Kier alpha value is -2.36. The molecule has 1 atom stereocenters. The topological polar surface area (TPSA) is 42.0 Å². The Bertz CT molecular complexity index is 927. The first-order valence-corrected chi connectivity index (χ1v) is 10.0. The van der Waals surface area contributed by atoms with Crippen LogP contribution in [0.1, 0.15) is 35.7 Å². The van der Waals surface area contributed by atoms with E-state index in [9.17, 15) is 4.79 Å². The number of carbonyl (C=O) groups is 1. The molecule has 1 amide bonds. The molecular weight excluding hydrogens is 391 g/mol. The van der Waals surface area contributed by atoms with Crippen LogP contribution in [0.2, 0.25) is 10.0 Å². The summed E-state index contributed by atoms with van der Waals surface area (Å²) in [4.78, 5) is 16.6. The van der Waals surface area contributed by atoms with E-state index in [1.54, 1.807) is 12.3 Å². The Balaban J connectivity index is 1.53. The molecule has 0 unspecified atom stereocenters. The zero-order valence-electron chi connectivity index (χ0n) is 15.7. The molecule has 0 fully saturated rings. The van der Waals surface area contributed by atoms with Gasteiger partial charge in [-0.15, -0.1) is 0 Å². The number of aromatic nitrogens is 1. The number of rotatable bonds is 7. The molecule has 3 aromatic rings. The van der Waals surface area contributed by atoms with Crippen molar-refractivity contribution in [3.8, 4) is 11.1 Å². The minimum absolute atomic E-state index is 0.0606. The minimum atomic E-state index is -0.0606. The molecule has 0 aliphatic heterocycles. The van der Waals surface area contributed by atoms with Crippen LogP contribution in [0.3, 0.4) is 0 Å². The SMILES string of the molecule is C[C@H](CCCc1cccnc1)NC(=O)c1ccc(-c2ccc(Cl)c(Cl)c2)cc1. The molecule has 1 aromatic heterocycles. The lowest BCUT2D eigenvalue weighted by atomic mass is 10.0. The van der Waals surface area contributed by atoms with E-state index in [2.05, 4.69) is 16.4 Å². The van der Waals surface area contributed by atoms with Crippen LogP contribution < -0.4 is 5.32 Å². The second-order valence-corrected chi connectivity index (χ2v) is 7.65. The minimum Gasteiger partial charge on any atom is -0.350 e. The number of hydrogen-bond acceptors (Lipinski definition) is 2. The number of halogens is 2. The van der Waals surface area contributed by atoms with Gasteiger partial charge in [0, 0.05) is 24.0 Å². The molecule has 0 saturated heterocycles. The van der Waals surface area contributed by atoms with E-state index in [1.807, 2.05) is 55.6 Å². The van der Waals surface area contributed by atoms with Gasteiger partial charge in [-0.1, -0.05) is 47.5 Å². The summed E-state index contributed by atoms with van der Waals surface area (Å²) in [7, 11) is 0. The Morgan fingerprint density at radius 2 is 1.79 bits per heavy atom. The molecule has 2 aromatic carbocycles. The zero-order chi connectivity index (χ0) is 19.9. The molecular formula is C23H22Cl2N2O. The van der Waals surface area contributed by atoms with Crippen molar-refractivity contribution in [2.45, 2.75) is 32.2 Å². The molecule has 0 aliphatic rings. The Morgan fingerprint density at radius 3 is 2.46 bits per heavy atom. The summed E-state index contributed by atoms with van der Waals surface area (Å²) in [6.07, 6.45) is 6.55. The van der Waals surface area contributed by atoms with Gasteiger partial charge in [-0.2, -0.15) is 0 Å². The van der Waals surface area contributed by atoms with Gasteiger partial charge in [0.2, 0.25) is 0 Å². The number of hydrogen-bond donors (Lipinski definition) is 1. The molecule has 28 heavy (non-hydrogen) atoms. The Labute approximate surface area is 175 Å². The molecule has 0 spiro atoms. The highest BCUT2D eigenvalue weighted by molar-refractivity contribution is 6.42. The van der Waals surface area contributed by atoms with E-state index in [4.69, 9.17) is 23.2 Å². The van der Waals surface area contributed by atoms with Gasteiger partial charge in [0.1, 0.15) is 0 Å². The first-order chi connectivity index (χ1) is 13.5. The maximum absolute atomic E-state index is 12.5. The summed E-state index contributed by atoms with van der Waals surface area (Å²) in [6, 6.07) is 17.1. The third-order valence-electron chi connectivity index (χ3n) is 4.60. The highest BCUT2D eigenvalue weighted by Crippen LogP contribution is 2.28. The Kier molecular flexibility index (Phi) is 7.07. The van der Waals surface area contributed by atoms with Crippen molar-refractivity contribution in [1.29, 1.82) is 0 Å². The summed E-state index contributed by atoms with van der Waals surface area (Å²) < 4.78 is 0. The summed E-state index contributed by atoms with van der Waals surface area (Å²) >= 11 is 12.1. The number of benzene rings is 2. The number of nitrogens with zero attached hydrogens (tertiary/aromatic N) is 1. The second-order valence-electron chi connectivity index (χ2n) is 6.83. The van der Waals surface area contributed by atoms with Gasteiger partial charge in [0.05, 0.1) is 10.0 Å². The normalized spacial score (nSPS) is 11.8. The third-order valence-corrected chi connectivity index (χ3v) is 5.34. The van der Waals surface area contributed by atoms with Crippen LogP contribution in [0, 0.1) is 0 Å². The lowest BCUT2D eigenvalue weighted by Gasteiger charge is -2.14. The van der Waals surface area contributed by atoms with Crippen LogP contribution in [-0.4, -0.2) is 16.9 Å². The van der Waals surface area contributed by atoms with Crippen molar-refractivity contribution < 1.29 is 4.79 Å². The van der Waals surface area contributed by atoms with Crippen molar-refractivity contribution >= 4 is 29.1 Å². The van der Waals surface area contributed by atoms with Gasteiger partial charge in [-0.3, -0.25) is 9.78 Å². The van der Waals surface area contributed by atoms with Crippen molar-refractivity contribution in [1.82, 2.24) is 10.3 Å². The molecule has 0 aliphatic carbocycles. The van der Waals surface area contributed by atoms with Crippen LogP contribution in [0.25, 0.3) is 11.1 Å². The number of aryl methyl sites for hydroxylation is 1. The van der Waals surface area contributed by atoms with Gasteiger partial charge >= 0.3 is 0 Å². The van der Waals surface area contributed by atoms with Crippen LogP contribution in [0.15, 0.2) is 67.0 Å². The van der Waals surface area contributed by atoms with E-state index in [-0.39, 0.29) is 11.9 Å². The first-order valence-electron chi connectivity index (χ1n) is 9.28. The number of carbonyl (C=O) groups excluding carboxylic acids is 1. The molecule has 1 N–H and O–H groups in total. The molecule has 3 nitrogen and oxygen atoms in total. The number of amides is 1. The van der Waals surface area contributed by atoms with Crippen molar-refractivity contribution in [3.63, 3.8) is 0 Å². The highest BCUT2D eigenvalue weighted by atomic mass is 35.5. The first kappa shape index (κ1) is 20.4. The van der Waals surface area contributed by atoms with Crippen LogP contribution in [0.4, 0.5) is 0 Å². The van der Waals surface area contributed by atoms with Gasteiger partial charge in [0.15, 0.2) is 0 Å². The number of pyridine rings is 1. The van der Waals surface area contributed by atoms with Gasteiger partial charge < -0.3 is 5.32 Å². The monoisotopic (exact) mass is 412 g/mol. The number of nitrogens with one attached hydrogen (secondary N) is 1. The van der Waals surface area contributed by atoms with Crippen LogP contribution >= 0.6 is 23.2 Å². The lowest BCUT2D eigenvalue weighted by molar-refractivity contribution is 0.0938. The summed E-state index contributed by atoms with van der Waals surface area (Å²) in [5, 5.41) is 4.11. The zero-order valence-corrected chi connectivity index (χ0v) is 17.2. The average molecular weight is 413 g/mol. The summed E-state index contributed by atoms with van der Waals surface area (Å²) in [5.74, 6) is -0.0606. The largest absolute Gasteiger partial charge is 0.350 e. The van der Waals surface area contributed by atoms with E-state index in [0.29, 0.717) is 15.6 Å². The fourth-order valence-corrected chi connectivity index (χ4v) is 3.33. The Morgan fingerprint density at radius 1 is 1.04 bits per heavy atom. The fourth-order valence-electron chi connectivity index (χ4n) is 3.03. The molecule has 1 heterocycles. The molecule has 5 heteroatoms. The predicted octanol–water partition coefficient (Wildman–Crippen LogP) is 6.20. The van der Waals surface area contributed by atoms with Gasteiger partial charge in [-0.25, -0.2) is 0 Å². The second kappa shape index (κ2) is 9.72. The molecule has 3 rings (SSSR count). The smallest absolute Gasteiger partial charge is 0.251 e. The molecule has 144 valence electrons. The molecule has 0 radical (unpaired) electrons. The molecule has 0 saturated carbocycles. The quantitative estimate of drug-likeness (QED) is 0.501. The van der Waals surface area contributed by atoms with Crippen LogP contribution in [-0.2, 0) is 6.42 Å². The van der Waals surface area contributed by atoms with Crippen LogP contribution in [0.5, 0.6) is 0 Å². The third kappa shape index (κ3) is 5.57. The van der Waals surface area contributed by atoms with Gasteiger partial charge in [-0.05, 0) is 73.2 Å². The fraction of sp³-hybridized carbons (Fsp3) is 0.217. The average Bonchev–Trinajstić information content (AvgIpc) is 2.71. The van der Waals surface area contributed by atoms with Crippen molar-refractivity contribution in [2.75, 3.05) is 0 Å². The van der Waals surface area contributed by atoms with E-state index >= 15 is 0 Å². The maximum Gasteiger partial charge on any atom is 0.251 e. The van der Waals surface area contributed by atoms with E-state index in [1.165, 1.54) is 5.56 Å². The van der Waals surface area contributed by atoms with Crippen molar-refractivity contribution in [3.05, 3.63) is 88.2 Å². The molecule has 0 bridgehead atoms. The highest BCUT2D eigenvalue weighted by Gasteiger charge is 2.10. The summed E-state index contributed by atoms with van der Waals surface area (Å²) in [5.41, 5.74) is 3.81. The van der Waals surface area contributed by atoms with Gasteiger partial charge in [0.25, 0.3) is 5.91 Å². The predicted molar refractivity (Wildman–Crippen MR) is 116 cm³/mol. The van der Waals surface area contributed by atoms with E-state index in [0.717, 1.165) is 30.4 Å². The summed E-state index contributed by atoms with van der Waals surface area (Å²) in [6.45, 7) is 2.03. The maximum atomic E-state index is 12.5. The van der Waals surface area contributed by atoms with Crippen molar-refractivity contribution in [2.24, 2.45) is 0 Å².